The Bertz CT molecular complexity index is 273. The van der Waals surface area contributed by atoms with Gasteiger partial charge in [-0.2, -0.15) is 0 Å². The molecule has 12 heavy (non-hydrogen) atoms. The molecule has 4 heteroatoms. The third kappa shape index (κ3) is 2.88. The van der Waals surface area contributed by atoms with Gasteiger partial charge in [0.2, 0.25) is 0 Å². The molecule has 0 aliphatic heterocycles. The van der Waals surface area contributed by atoms with Crippen LogP contribution in [0.2, 0.25) is 0 Å². The summed E-state index contributed by atoms with van der Waals surface area (Å²) in [5.41, 5.74) is 0.190. The van der Waals surface area contributed by atoms with Gasteiger partial charge in [-0.25, -0.2) is 4.79 Å². The van der Waals surface area contributed by atoms with Crippen molar-refractivity contribution < 1.29 is 14.6 Å². The van der Waals surface area contributed by atoms with Crippen molar-refractivity contribution >= 4 is 57.4 Å². The van der Waals surface area contributed by atoms with Crippen LogP contribution in [-0.4, -0.2) is 69.6 Å². The molecule has 1 aromatic rings. The van der Waals surface area contributed by atoms with E-state index in [4.69, 9.17) is 9.84 Å². The molecule has 1 rings (SSSR count). The van der Waals surface area contributed by atoms with Gasteiger partial charge in [0.1, 0.15) is 11.3 Å². The SMILES string of the molecule is COc1ccccc1C(=O)O.[KH]. The summed E-state index contributed by atoms with van der Waals surface area (Å²) >= 11 is 0. The third-order valence-corrected chi connectivity index (χ3v) is 1.34. The average Bonchev–Trinajstić information content (AvgIpc) is 2.04. The van der Waals surface area contributed by atoms with E-state index < -0.39 is 5.97 Å². The number of methoxy groups -OCH3 is 1. The van der Waals surface area contributed by atoms with Crippen molar-refractivity contribution in [3.05, 3.63) is 29.8 Å². The summed E-state index contributed by atoms with van der Waals surface area (Å²) in [7, 11) is 1.45. The topological polar surface area (TPSA) is 46.5 Å². The number of carbonyl (C=O) groups is 1. The van der Waals surface area contributed by atoms with E-state index in [-0.39, 0.29) is 56.9 Å². The molecule has 0 aliphatic carbocycles. The number of ether oxygens (including phenoxy) is 1. The Morgan fingerprint density at radius 1 is 1.42 bits per heavy atom. The van der Waals surface area contributed by atoms with E-state index in [0.29, 0.717) is 5.75 Å². The van der Waals surface area contributed by atoms with Crippen LogP contribution in [0.1, 0.15) is 10.4 Å². The zero-order valence-electron chi connectivity index (χ0n) is 6.07. The Hall–Kier alpha value is 0.126. The van der Waals surface area contributed by atoms with Crippen molar-refractivity contribution in [2.24, 2.45) is 0 Å². The molecule has 0 atom stereocenters. The number of rotatable bonds is 2. The molecule has 0 fully saturated rings. The summed E-state index contributed by atoms with van der Waals surface area (Å²) in [5, 5.41) is 8.62. The van der Waals surface area contributed by atoms with E-state index in [1.54, 1.807) is 18.2 Å². The Labute approximate surface area is 113 Å². The number of carboxylic acids is 1. The molecule has 0 spiro atoms. The van der Waals surface area contributed by atoms with Crippen molar-refractivity contribution in [3.8, 4) is 5.75 Å². The predicted octanol–water partition coefficient (Wildman–Crippen LogP) is 0.745. The second kappa shape index (κ2) is 5.72. The van der Waals surface area contributed by atoms with Crippen LogP contribution in [0, 0.1) is 0 Å². The number of hydrogen-bond donors (Lipinski definition) is 1. The minimum atomic E-state index is -0.970. The maximum atomic E-state index is 10.5. The Morgan fingerprint density at radius 3 is 2.42 bits per heavy atom. The van der Waals surface area contributed by atoms with Gasteiger partial charge in [-0.15, -0.1) is 0 Å². The first-order valence-electron chi connectivity index (χ1n) is 3.12. The van der Waals surface area contributed by atoms with E-state index in [2.05, 4.69) is 0 Å². The quantitative estimate of drug-likeness (QED) is 0.703. The minimum absolute atomic E-state index is 0. The number of carboxylic acid groups (broad SMARTS) is 1. The molecule has 1 aromatic carbocycles. The molecule has 60 valence electrons. The van der Waals surface area contributed by atoms with E-state index in [0.717, 1.165) is 0 Å². The Morgan fingerprint density at radius 2 is 2.00 bits per heavy atom. The van der Waals surface area contributed by atoms with E-state index in [1.165, 1.54) is 13.2 Å². The van der Waals surface area contributed by atoms with Crippen molar-refractivity contribution in [2.45, 2.75) is 0 Å². The van der Waals surface area contributed by atoms with E-state index in [9.17, 15) is 4.79 Å². The van der Waals surface area contributed by atoms with Gasteiger partial charge in [0.15, 0.2) is 0 Å². The first-order chi connectivity index (χ1) is 5.25. The first-order valence-corrected chi connectivity index (χ1v) is 3.12. The van der Waals surface area contributed by atoms with Gasteiger partial charge in [0.25, 0.3) is 0 Å². The summed E-state index contributed by atoms with van der Waals surface area (Å²) < 4.78 is 4.83. The van der Waals surface area contributed by atoms with Crippen molar-refractivity contribution in [2.75, 3.05) is 7.11 Å². The average molecular weight is 192 g/mol. The van der Waals surface area contributed by atoms with Crippen LogP contribution in [0.5, 0.6) is 5.75 Å². The fourth-order valence-electron chi connectivity index (χ4n) is 0.821. The van der Waals surface area contributed by atoms with Crippen molar-refractivity contribution in [1.82, 2.24) is 0 Å². The molecular formula is C8H9KO3. The zero-order chi connectivity index (χ0) is 8.27. The molecule has 0 heterocycles. The third-order valence-electron chi connectivity index (χ3n) is 1.34. The second-order valence-corrected chi connectivity index (χ2v) is 2.01. The molecule has 0 aliphatic rings. The standard InChI is InChI=1S/C8H8O3.K.H/c1-11-7-5-3-2-4-6(7)8(9)10;;/h2-5H,1H3,(H,9,10);;. The van der Waals surface area contributed by atoms with Crippen LogP contribution in [0.15, 0.2) is 24.3 Å². The van der Waals surface area contributed by atoms with Gasteiger partial charge < -0.3 is 9.84 Å². The number of benzene rings is 1. The van der Waals surface area contributed by atoms with Crippen LogP contribution < -0.4 is 4.74 Å². The summed E-state index contributed by atoms with van der Waals surface area (Å²) in [6.07, 6.45) is 0. The van der Waals surface area contributed by atoms with Gasteiger partial charge in [-0.3, -0.25) is 0 Å². The monoisotopic (exact) mass is 192 g/mol. The molecule has 0 aromatic heterocycles. The molecule has 0 amide bonds. The van der Waals surface area contributed by atoms with Crippen LogP contribution in [0.4, 0.5) is 0 Å². The number of hydrogen-bond acceptors (Lipinski definition) is 2. The molecule has 0 bridgehead atoms. The van der Waals surface area contributed by atoms with Crippen LogP contribution in [0.3, 0.4) is 0 Å². The molecule has 0 unspecified atom stereocenters. The number of aromatic carboxylic acids is 1. The zero-order valence-corrected chi connectivity index (χ0v) is 6.07. The van der Waals surface area contributed by atoms with Gasteiger partial charge in [0.05, 0.1) is 7.11 Å². The van der Waals surface area contributed by atoms with E-state index >= 15 is 0 Å². The molecule has 3 nitrogen and oxygen atoms in total. The molecule has 0 saturated heterocycles. The normalized spacial score (nSPS) is 8.42. The van der Waals surface area contributed by atoms with Crippen LogP contribution >= 0.6 is 0 Å². The van der Waals surface area contributed by atoms with Crippen LogP contribution in [-0.2, 0) is 0 Å². The van der Waals surface area contributed by atoms with Crippen LogP contribution in [0.25, 0.3) is 0 Å². The predicted molar refractivity (Wildman–Crippen MR) is 47.1 cm³/mol. The maximum absolute atomic E-state index is 10.5. The summed E-state index contributed by atoms with van der Waals surface area (Å²) in [6.45, 7) is 0. The van der Waals surface area contributed by atoms with Crippen molar-refractivity contribution in [3.63, 3.8) is 0 Å². The Kier molecular flexibility index (Phi) is 5.78. The second-order valence-electron chi connectivity index (χ2n) is 2.01. The van der Waals surface area contributed by atoms with Gasteiger partial charge in [-0.1, -0.05) is 12.1 Å². The molecule has 1 N–H and O–H groups in total. The number of para-hydroxylation sites is 1. The van der Waals surface area contributed by atoms with Gasteiger partial charge in [-0.05, 0) is 12.1 Å². The fourth-order valence-corrected chi connectivity index (χ4v) is 0.821. The van der Waals surface area contributed by atoms with Gasteiger partial charge in [0, 0.05) is 0 Å². The summed E-state index contributed by atoms with van der Waals surface area (Å²) in [4.78, 5) is 10.5. The molecule has 0 radical (unpaired) electrons. The first kappa shape index (κ1) is 12.1. The molecular weight excluding hydrogens is 183 g/mol. The fraction of sp³-hybridized carbons (Fsp3) is 0.125. The summed E-state index contributed by atoms with van der Waals surface area (Å²) in [5.74, 6) is -0.581. The molecule has 0 saturated carbocycles. The van der Waals surface area contributed by atoms with Gasteiger partial charge >= 0.3 is 57.4 Å². The summed E-state index contributed by atoms with van der Waals surface area (Å²) in [6, 6.07) is 6.50. The van der Waals surface area contributed by atoms with Crippen molar-refractivity contribution in [1.29, 1.82) is 0 Å². The van der Waals surface area contributed by atoms with E-state index in [1.807, 2.05) is 0 Å². The Balaban J connectivity index is 0.00000121.